The zero-order valence-corrected chi connectivity index (χ0v) is 12.7. The van der Waals surface area contributed by atoms with Gasteiger partial charge in [-0.15, -0.1) is 0 Å². The third kappa shape index (κ3) is 3.81. The lowest BCUT2D eigenvalue weighted by atomic mass is 10.2. The molecule has 2 heterocycles. The lowest BCUT2D eigenvalue weighted by molar-refractivity contribution is 0.0520. The van der Waals surface area contributed by atoms with Crippen molar-refractivity contribution in [3.05, 3.63) is 22.4 Å². The molecule has 2 rings (SSSR count). The molecule has 1 amide bonds. The highest BCUT2D eigenvalue weighted by molar-refractivity contribution is 9.10. The van der Waals surface area contributed by atoms with Crippen LogP contribution in [0.2, 0.25) is 0 Å². The molecule has 19 heavy (non-hydrogen) atoms. The fourth-order valence-electron chi connectivity index (χ4n) is 2.22. The maximum atomic E-state index is 12.2. The highest BCUT2D eigenvalue weighted by Crippen LogP contribution is 2.14. The Balaban J connectivity index is 1.84. The average molecular weight is 330 g/mol. The normalized spacial score (nSPS) is 18.6. The number of aromatic amines is 1. The summed E-state index contributed by atoms with van der Waals surface area (Å²) in [5, 5.41) is 9.63. The van der Waals surface area contributed by atoms with E-state index in [-0.39, 0.29) is 12.0 Å². The maximum absolute atomic E-state index is 12.2. The standard InChI is InChI=1S/C13H20BrN3O2/c1-2-11(18)9-16-3-5-17(6-4-16)13(19)12-7-10(14)8-15-12/h7-8,11,15,18H,2-6,9H2,1H3. The molecule has 1 unspecified atom stereocenters. The van der Waals surface area contributed by atoms with E-state index in [1.54, 1.807) is 12.3 Å². The van der Waals surface area contributed by atoms with Crippen LogP contribution in [0.4, 0.5) is 0 Å². The number of β-amino-alcohol motifs (C(OH)–C–C–N with tert-alkyl or cyclic N) is 1. The van der Waals surface area contributed by atoms with Crippen LogP contribution >= 0.6 is 15.9 Å². The number of hydrogen-bond donors (Lipinski definition) is 2. The summed E-state index contributed by atoms with van der Waals surface area (Å²) in [6.07, 6.45) is 2.28. The van der Waals surface area contributed by atoms with E-state index in [9.17, 15) is 9.90 Å². The van der Waals surface area contributed by atoms with Crippen LogP contribution in [0, 0.1) is 0 Å². The minimum atomic E-state index is -0.262. The van der Waals surface area contributed by atoms with Crippen molar-refractivity contribution in [2.75, 3.05) is 32.7 Å². The van der Waals surface area contributed by atoms with E-state index in [0.29, 0.717) is 25.3 Å². The Labute approximate surface area is 121 Å². The van der Waals surface area contributed by atoms with E-state index < -0.39 is 0 Å². The molecule has 5 nitrogen and oxygen atoms in total. The molecule has 0 aliphatic carbocycles. The number of carbonyl (C=O) groups is 1. The van der Waals surface area contributed by atoms with E-state index >= 15 is 0 Å². The second-order valence-electron chi connectivity index (χ2n) is 4.89. The highest BCUT2D eigenvalue weighted by atomic mass is 79.9. The first-order valence-corrected chi connectivity index (χ1v) is 7.43. The molecule has 1 saturated heterocycles. The molecule has 0 saturated carbocycles. The summed E-state index contributed by atoms with van der Waals surface area (Å²) in [6, 6.07) is 1.80. The lowest BCUT2D eigenvalue weighted by Crippen LogP contribution is -2.50. The van der Waals surface area contributed by atoms with Crippen molar-refractivity contribution < 1.29 is 9.90 Å². The van der Waals surface area contributed by atoms with Crippen molar-refractivity contribution in [1.29, 1.82) is 0 Å². The van der Waals surface area contributed by atoms with E-state index in [2.05, 4.69) is 25.8 Å². The fraction of sp³-hybridized carbons (Fsp3) is 0.615. The average Bonchev–Trinajstić information content (AvgIpc) is 2.85. The number of rotatable bonds is 4. The van der Waals surface area contributed by atoms with Gasteiger partial charge in [0.2, 0.25) is 0 Å². The quantitative estimate of drug-likeness (QED) is 0.875. The van der Waals surface area contributed by atoms with Gasteiger partial charge in [0.1, 0.15) is 5.69 Å². The van der Waals surface area contributed by atoms with Crippen molar-refractivity contribution in [3.63, 3.8) is 0 Å². The first-order chi connectivity index (χ1) is 9.10. The number of aliphatic hydroxyl groups is 1. The van der Waals surface area contributed by atoms with E-state index in [1.807, 2.05) is 11.8 Å². The Morgan fingerprint density at radius 1 is 1.47 bits per heavy atom. The Bertz CT molecular complexity index is 427. The topological polar surface area (TPSA) is 59.6 Å². The van der Waals surface area contributed by atoms with Gasteiger partial charge in [0, 0.05) is 43.4 Å². The third-order valence-corrected chi connectivity index (χ3v) is 3.94. The van der Waals surface area contributed by atoms with Crippen LogP contribution in [0.25, 0.3) is 0 Å². The van der Waals surface area contributed by atoms with Gasteiger partial charge in [0.25, 0.3) is 5.91 Å². The van der Waals surface area contributed by atoms with Crippen LogP contribution in [0.3, 0.4) is 0 Å². The van der Waals surface area contributed by atoms with Crippen LogP contribution in [0.5, 0.6) is 0 Å². The van der Waals surface area contributed by atoms with Crippen molar-refractivity contribution in [2.45, 2.75) is 19.4 Å². The second kappa shape index (κ2) is 6.54. The van der Waals surface area contributed by atoms with Crippen molar-refractivity contribution in [3.8, 4) is 0 Å². The molecule has 1 aromatic heterocycles. The molecule has 0 spiro atoms. The summed E-state index contributed by atoms with van der Waals surface area (Å²) in [7, 11) is 0. The van der Waals surface area contributed by atoms with Crippen LogP contribution in [-0.4, -0.2) is 64.6 Å². The predicted octanol–water partition coefficient (Wildman–Crippen LogP) is 1.31. The number of piperazine rings is 1. The number of carbonyl (C=O) groups excluding carboxylic acids is 1. The van der Waals surface area contributed by atoms with Crippen LogP contribution in [0.15, 0.2) is 16.7 Å². The van der Waals surface area contributed by atoms with E-state index in [0.717, 1.165) is 24.0 Å². The Kier molecular flexibility index (Phi) is 5.01. The molecular weight excluding hydrogens is 310 g/mol. The number of amides is 1. The molecule has 0 radical (unpaired) electrons. The zero-order chi connectivity index (χ0) is 13.8. The SMILES string of the molecule is CCC(O)CN1CCN(C(=O)c2cc(Br)c[nH]2)CC1. The molecule has 2 N–H and O–H groups in total. The van der Waals surface area contributed by atoms with Crippen LogP contribution < -0.4 is 0 Å². The van der Waals surface area contributed by atoms with Gasteiger partial charge < -0.3 is 15.0 Å². The number of hydrogen-bond acceptors (Lipinski definition) is 3. The minimum Gasteiger partial charge on any atom is -0.392 e. The molecule has 0 aromatic carbocycles. The number of aromatic nitrogens is 1. The van der Waals surface area contributed by atoms with Gasteiger partial charge in [-0.05, 0) is 28.4 Å². The predicted molar refractivity (Wildman–Crippen MR) is 77.1 cm³/mol. The smallest absolute Gasteiger partial charge is 0.270 e. The van der Waals surface area contributed by atoms with Gasteiger partial charge in [-0.1, -0.05) is 6.92 Å². The van der Waals surface area contributed by atoms with Gasteiger partial charge in [-0.2, -0.15) is 0 Å². The lowest BCUT2D eigenvalue weighted by Gasteiger charge is -2.35. The fourth-order valence-corrected chi connectivity index (χ4v) is 2.57. The summed E-state index contributed by atoms with van der Waals surface area (Å²) < 4.78 is 0.889. The minimum absolute atomic E-state index is 0.0430. The van der Waals surface area contributed by atoms with Gasteiger partial charge in [0.05, 0.1) is 6.10 Å². The molecular formula is C13H20BrN3O2. The summed E-state index contributed by atoms with van der Waals surface area (Å²) >= 11 is 3.33. The first-order valence-electron chi connectivity index (χ1n) is 6.63. The summed E-state index contributed by atoms with van der Waals surface area (Å²) in [5.74, 6) is 0.0430. The molecule has 1 aliphatic heterocycles. The van der Waals surface area contributed by atoms with Gasteiger partial charge >= 0.3 is 0 Å². The number of H-pyrrole nitrogens is 1. The molecule has 1 fully saturated rings. The molecule has 1 aromatic rings. The molecule has 0 bridgehead atoms. The Hall–Kier alpha value is -0.850. The Morgan fingerprint density at radius 2 is 2.16 bits per heavy atom. The first kappa shape index (κ1) is 14.6. The number of halogens is 1. The highest BCUT2D eigenvalue weighted by Gasteiger charge is 2.23. The van der Waals surface area contributed by atoms with Crippen molar-refractivity contribution in [2.24, 2.45) is 0 Å². The van der Waals surface area contributed by atoms with Crippen LogP contribution in [-0.2, 0) is 0 Å². The molecule has 1 aliphatic rings. The summed E-state index contributed by atoms with van der Waals surface area (Å²) in [4.78, 5) is 19.2. The maximum Gasteiger partial charge on any atom is 0.270 e. The molecule has 106 valence electrons. The summed E-state index contributed by atoms with van der Waals surface area (Å²) in [5.41, 5.74) is 0.619. The summed E-state index contributed by atoms with van der Waals surface area (Å²) in [6.45, 7) is 5.76. The monoisotopic (exact) mass is 329 g/mol. The number of nitrogens with one attached hydrogen (secondary N) is 1. The molecule has 6 heteroatoms. The van der Waals surface area contributed by atoms with Gasteiger partial charge in [-0.25, -0.2) is 0 Å². The largest absolute Gasteiger partial charge is 0.392 e. The van der Waals surface area contributed by atoms with Gasteiger partial charge in [0.15, 0.2) is 0 Å². The molecule has 1 atom stereocenters. The third-order valence-electron chi connectivity index (χ3n) is 3.48. The zero-order valence-electron chi connectivity index (χ0n) is 11.1. The number of nitrogens with zero attached hydrogens (tertiary/aromatic N) is 2. The second-order valence-corrected chi connectivity index (χ2v) is 5.80. The van der Waals surface area contributed by atoms with Gasteiger partial charge in [-0.3, -0.25) is 9.69 Å². The van der Waals surface area contributed by atoms with Crippen molar-refractivity contribution >= 4 is 21.8 Å². The Morgan fingerprint density at radius 3 is 2.68 bits per heavy atom. The van der Waals surface area contributed by atoms with E-state index in [4.69, 9.17) is 0 Å². The van der Waals surface area contributed by atoms with E-state index in [1.165, 1.54) is 0 Å². The van der Waals surface area contributed by atoms with Crippen molar-refractivity contribution in [1.82, 2.24) is 14.8 Å². The van der Waals surface area contributed by atoms with Crippen LogP contribution in [0.1, 0.15) is 23.8 Å². The number of aliphatic hydroxyl groups excluding tert-OH is 1.